The molecule has 66 valence electrons. The molecule has 0 saturated carbocycles. The summed E-state index contributed by atoms with van der Waals surface area (Å²) in [6.07, 6.45) is 1.87. The third-order valence-corrected chi connectivity index (χ3v) is 2.40. The zero-order valence-corrected chi connectivity index (χ0v) is 7.92. The van der Waals surface area contributed by atoms with E-state index in [1.807, 2.05) is 29.9 Å². The number of benzene rings is 1. The summed E-state index contributed by atoms with van der Waals surface area (Å²) in [6, 6.07) is 7.08. The number of aromatic hydroxyl groups is 1. The third-order valence-electron chi connectivity index (χ3n) is 2.07. The van der Waals surface area contributed by atoms with E-state index in [4.69, 9.17) is 11.6 Å². The standard InChI is InChI=1S/C10H8ClNO/c1-12-6-2-3-7-8(11)4-5-9(13)10(7)12/h2-6H,1H3/p+1. The SMILES string of the molecule is C[n+]1cccc2c(Cl)ccc(O)c21. The van der Waals surface area contributed by atoms with Crippen LogP contribution in [0.25, 0.3) is 10.9 Å². The number of pyridine rings is 1. The molecule has 0 amide bonds. The number of nitrogens with zero attached hydrogens (tertiary/aromatic N) is 1. The Balaban J connectivity index is 3.00. The molecule has 13 heavy (non-hydrogen) atoms. The molecule has 1 heterocycles. The number of aromatic nitrogens is 1. The maximum atomic E-state index is 9.60. The number of fused-ring (bicyclic) bond motifs is 1. The third kappa shape index (κ3) is 1.23. The second-order valence-corrected chi connectivity index (χ2v) is 3.36. The lowest BCUT2D eigenvalue weighted by Crippen LogP contribution is -2.27. The van der Waals surface area contributed by atoms with Crippen LogP contribution in [0.4, 0.5) is 0 Å². The van der Waals surface area contributed by atoms with E-state index in [-0.39, 0.29) is 5.75 Å². The van der Waals surface area contributed by atoms with Crippen LogP contribution >= 0.6 is 11.6 Å². The minimum atomic E-state index is 0.252. The van der Waals surface area contributed by atoms with Crippen LogP contribution in [0.15, 0.2) is 30.5 Å². The highest BCUT2D eigenvalue weighted by Crippen LogP contribution is 2.27. The zero-order chi connectivity index (χ0) is 9.42. The van der Waals surface area contributed by atoms with Crippen LogP contribution in [0.3, 0.4) is 0 Å². The molecule has 3 heteroatoms. The van der Waals surface area contributed by atoms with Gasteiger partial charge in [-0.15, -0.1) is 0 Å². The molecule has 2 nitrogen and oxygen atoms in total. The van der Waals surface area contributed by atoms with Gasteiger partial charge in [-0.1, -0.05) is 11.6 Å². The normalized spacial score (nSPS) is 10.6. The molecule has 2 aromatic rings. The van der Waals surface area contributed by atoms with Crippen molar-refractivity contribution >= 4 is 22.5 Å². The number of phenolic OH excluding ortho intramolecular Hbond substituents is 1. The Bertz CT molecular complexity index is 459. The number of rotatable bonds is 0. The summed E-state index contributed by atoms with van der Waals surface area (Å²) in [5, 5.41) is 11.1. The van der Waals surface area contributed by atoms with Crippen molar-refractivity contribution in [2.24, 2.45) is 7.05 Å². The van der Waals surface area contributed by atoms with Gasteiger partial charge in [0.2, 0.25) is 0 Å². The van der Waals surface area contributed by atoms with Crippen LogP contribution in [-0.2, 0) is 7.05 Å². The van der Waals surface area contributed by atoms with E-state index in [0.29, 0.717) is 5.02 Å². The quantitative estimate of drug-likeness (QED) is 0.638. The molecule has 1 aromatic carbocycles. The van der Waals surface area contributed by atoms with Gasteiger partial charge in [-0.3, -0.25) is 0 Å². The van der Waals surface area contributed by atoms with E-state index < -0.39 is 0 Å². The molecule has 0 fully saturated rings. The molecule has 0 unspecified atom stereocenters. The fraction of sp³-hybridized carbons (Fsp3) is 0.100. The highest BCUT2D eigenvalue weighted by Gasteiger charge is 2.11. The molecule has 0 aliphatic carbocycles. The van der Waals surface area contributed by atoms with Crippen molar-refractivity contribution in [1.29, 1.82) is 0 Å². The molecular weight excluding hydrogens is 186 g/mol. The summed E-state index contributed by atoms with van der Waals surface area (Å²) >= 11 is 5.98. The molecule has 0 spiro atoms. The van der Waals surface area contributed by atoms with Gasteiger partial charge in [0.1, 0.15) is 7.05 Å². The lowest BCUT2D eigenvalue weighted by Gasteiger charge is -1.99. The molecule has 0 aliphatic heterocycles. The Morgan fingerprint density at radius 3 is 2.77 bits per heavy atom. The van der Waals surface area contributed by atoms with Crippen molar-refractivity contribution in [2.45, 2.75) is 0 Å². The van der Waals surface area contributed by atoms with E-state index in [2.05, 4.69) is 0 Å². The minimum Gasteiger partial charge on any atom is -0.502 e. The summed E-state index contributed by atoms with van der Waals surface area (Å²) in [5.41, 5.74) is 0.759. The fourth-order valence-electron chi connectivity index (χ4n) is 1.44. The van der Waals surface area contributed by atoms with Gasteiger partial charge < -0.3 is 5.11 Å². The second-order valence-electron chi connectivity index (χ2n) is 2.95. The van der Waals surface area contributed by atoms with Gasteiger partial charge in [-0.05, 0) is 18.2 Å². The van der Waals surface area contributed by atoms with Crippen molar-refractivity contribution in [3.8, 4) is 5.75 Å². The second kappa shape index (κ2) is 2.89. The molecule has 0 bridgehead atoms. The predicted octanol–water partition coefficient (Wildman–Crippen LogP) is 2.02. The van der Waals surface area contributed by atoms with Gasteiger partial charge in [0.15, 0.2) is 11.9 Å². The van der Waals surface area contributed by atoms with E-state index >= 15 is 0 Å². The molecule has 0 radical (unpaired) electrons. The Hall–Kier alpha value is -1.28. The first-order chi connectivity index (χ1) is 6.20. The maximum absolute atomic E-state index is 9.60. The first-order valence-electron chi connectivity index (χ1n) is 3.96. The summed E-state index contributed by atoms with van der Waals surface area (Å²) in [5.74, 6) is 0.252. The summed E-state index contributed by atoms with van der Waals surface area (Å²) in [6.45, 7) is 0. The van der Waals surface area contributed by atoms with Crippen molar-refractivity contribution in [3.05, 3.63) is 35.5 Å². The van der Waals surface area contributed by atoms with Crippen LogP contribution in [-0.4, -0.2) is 5.11 Å². The van der Waals surface area contributed by atoms with Crippen LogP contribution in [0, 0.1) is 0 Å². The molecule has 2 rings (SSSR count). The lowest BCUT2D eigenvalue weighted by molar-refractivity contribution is -0.645. The largest absolute Gasteiger partial charge is 0.502 e. The number of hydrogen-bond donors (Lipinski definition) is 1. The summed E-state index contributed by atoms with van der Waals surface area (Å²) < 4.78 is 1.84. The van der Waals surface area contributed by atoms with Crippen LogP contribution in [0.1, 0.15) is 0 Å². The van der Waals surface area contributed by atoms with E-state index in [1.54, 1.807) is 12.1 Å². The molecule has 1 aromatic heterocycles. The van der Waals surface area contributed by atoms with Gasteiger partial charge in [0.25, 0.3) is 5.52 Å². The number of hydrogen-bond acceptors (Lipinski definition) is 1. The van der Waals surface area contributed by atoms with E-state index in [0.717, 1.165) is 10.9 Å². The van der Waals surface area contributed by atoms with Gasteiger partial charge in [0, 0.05) is 6.07 Å². The number of halogens is 1. The highest BCUT2D eigenvalue weighted by molar-refractivity contribution is 6.35. The molecule has 0 atom stereocenters. The molecule has 1 N–H and O–H groups in total. The topological polar surface area (TPSA) is 24.1 Å². The smallest absolute Gasteiger partial charge is 0.255 e. The molecular formula is C10H9ClNO+. The first kappa shape index (κ1) is 8.32. The van der Waals surface area contributed by atoms with Gasteiger partial charge in [0.05, 0.1) is 10.4 Å². The van der Waals surface area contributed by atoms with Crippen molar-refractivity contribution in [1.82, 2.24) is 0 Å². The van der Waals surface area contributed by atoms with E-state index in [1.165, 1.54) is 0 Å². The van der Waals surface area contributed by atoms with Crippen LogP contribution in [0.5, 0.6) is 5.75 Å². The van der Waals surface area contributed by atoms with Gasteiger partial charge >= 0.3 is 0 Å². The van der Waals surface area contributed by atoms with Crippen LogP contribution in [0.2, 0.25) is 5.02 Å². The summed E-state index contributed by atoms with van der Waals surface area (Å²) in [4.78, 5) is 0. The molecule has 0 saturated heterocycles. The van der Waals surface area contributed by atoms with Crippen molar-refractivity contribution < 1.29 is 9.67 Å². The summed E-state index contributed by atoms with van der Waals surface area (Å²) in [7, 11) is 1.87. The van der Waals surface area contributed by atoms with Crippen LogP contribution < -0.4 is 4.57 Å². The fourth-order valence-corrected chi connectivity index (χ4v) is 1.66. The predicted molar refractivity (Wildman–Crippen MR) is 51.8 cm³/mol. The average Bonchev–Trinajstić information content (AvgIpc) is 2.12. The Morgan fingerprint density at radius 2 is 2.08 bits per heavy atom. The van der Waals surface area contributed by atoms with E-state index in [9.17, 15) is 5.11 Å². The van der Waals surface area contributed by atoms with Crippen molar-refractivity contribution in [3.63, 3.8) is 0 Å². The monoisotopic (exact) mass is 194 g/mol. The Kier molecular flexibility index (Phi) is 1.85. The van der Waals surface area contributed by atoms with Crippen molar-refractivity contribution in [2.75, 3.05) is 0 Å². The first-order valence-corrected chi connectivity index (χ1v) is 4.34. The lowest BCUT2D eigenvalue weighted by atomic mass is 10.2. The van der Waals surface area contributed by atoms with Gasteiger partial charge in [-0.25, -0.2) is 0 Å². The number of phenols is 1. The number of aryl methyl sites for hydroxylation is 1. The molecule has 0 aliphatic rings. The average molecular weight is 195 g/mol. The zero-order valence-electron chi connectivity index (χ0n) is 7.16. The maximum Gasteiger partial charge on any atom is 0.255 e. The Morgan fingerprint density at radius 1 is 1.31 bits per heavy atom. The Labute approximate surface area is 81.0 Å². The minimum absolute atomic E-state index is 0.252. The highest BCUT2D eigenvalue weighted by atomic mass is 35.5. The van der Waals surface area contributed by atoms with Gasteiger partial charge in [-0.2, -0.15) is 4.57 Å².